The summed E-state index contributed by atoms with van der Waals surface area (Å²) in [5.74, 6) is -2.00. The van der Waals surface area contributed by atoms with E-state index in [1.807, 2.05) is 0 Å². The van der Waals surface area contributed by atoms with Crippen LogP contribution in [0.5, 0.6) is 23.0 Å². The first-order valence-corrected chi connectivity index (χ1v) is 16.8. The van der Waals surface area contributed by atoms with Gasteiger partial charge in [0.2, 0.25) is 0 Å². The smallest absolute Gasteiger partial charge is 0.324 e. The number of anilines is 2. The van der Waals surface area contributed by atoms with Crippen molar-refractivity contribution in [2.24, 2.45) is 0 Å². The summed E-state index contributed by atoms with van der Waals surface area (Å²) in [6.45, 7) is -2.24. The second-order valence-electron chi connectivity index (χ2n) is 9.95. The van der Waals surface area contributed by atoms with Crippen molar-refractivity contribution in [3.63, 3.8) is 0 Å². The van der Waals surface area contributed by atoms with Crippen LogP contribution in [0.2, 0.25) is 0 Å². The molecule has 254 valence electrons. The van der Waals surface area contributed by atoms with Crippen LogP contribution in [0.15, 0.2) is 101 Å². The number of carboxylic acids is 2. The molecule has 4 aromatic carbocycles. The van der Waals surface area contributed by atoms with Crippen molar-refractivity contribution in [3.05, 3.63) is 96.6 Å². The van der Waals surface area contributed by atoms with E-state index in [0.29, 0.717) is 31.4 Å². The van der Waals surface area contributed by atoms with Gasteiger partial charge in [-0.2, -0.15) is 0 Å². The summed E-state index contributed by atoms with van der Waals surface area (Å²) >= 11 is 0. The average Bonchev–Trinajstić information content (AvgIpc) is 3.08. The summed E-state index contributed by atoms with van der Waals surface area (Å²) in [4.78, 5) is 23.4. The maximum atomic E-state index is 13.9. The van der Waals surface area contributed by atoms with E-state index in [4.69, 9.17) is 18.9 Å². The maximum Gasteiger partial charge on any atom is 0.324 e. The number of aliphatic carboxylic acids is 2. The first-order chi connectivity index (χ1) is 22.8. The normalized spacial score (nSPS) is 11.3. The molecular weight excluding hydrogens is 668 g/mol. The van der Waals surface area contributed by atoms with Gasteiger partial charge in [-0.3, -0.25) is 18.2 Å². The highest BCUT2D eigenvalue weighted by atomic mass is 32.2. The molecule has 2 N–H and O–H groups in total. The second kappa shape index (κ2) is 15.0. The van der Waals surface area contributed by atoms with E-state index >= 15 is 0 Å². The molecule has 0 aromatic heterocycles. The highest BCUT2D eigenvalue weighted by Crippen LogP contribution is 2.38. The van der Waals surface area contributed by atoms with Crippen LogP contribution in [0.25, 0.3) is 0 Å². The largest absolute Gasteiger partial charge is 0.497 e. The van der Waals surface area contributed by atoms with Gasteiger partial charge in [-0.15, -0.1) is 0 Å². The van der Waals surface area contributed by atoms with Crippen molar-refractivity contribution in [2.75, 3.05) is 43.0 Å². The standard InChI is InChI=1S/C32H32N2O12S2/c1-43-24-8-12-27(13-9-24)47(39,40)33(19-31(35)36)23-7-16-29(30(18-23)46-21-22-5-4-6-26(17-22)45-3)34(20-32(37)38)48(41,42)28-14-10-25(44-2)11-15-28/h4-18H,19-21H2,1-3H3,(H,35,36)(H,37,38). The summed E-state index contributed by atoms with van der Waals surface area (Å²) < 4.78 is 78.0. The number of carboxylic acid groups (broad SMARTS) is 2. The third-order valence-electron chi connectivity index (χ3n) is 6.88. The Labute approximate surface area is 277 Å². The maximum absolute atomic E-state index is 13.9. The Morgan fingerprint density at radius 2 is 1.12 bits per heavy atom. The molecule has 0 atom stereocenters. The average molecular weight is 701 g/mol. The van der Waals surface area contributed by atoms with E-state index in [-0.39, 0.29) is 33.5 Å². The van der Waals surface area contributed by atoms with Gasteiger partial charge in [-0.1, -0.05) is 12.1 Å². The Kier molecular flexibility index (Phi) is 11.0. The lowest BCUT2D eigenvalue weighted by molar-refractivity contribution is -0.136. The number of rotatable bonds is 16. The Morgan fingerprint density at radius 3 is 1.62 bits per heavy atom. The van der Waals surface area contributed by atoms with Crippen LogP contribution in [-0.2, 0) is 36.2 Å². The van der Waals surface area contributed by atoms with Crippen LogP contribution in [0, 0.1) is 0 Å². The zero-order valence-corrected chi connectivity index (χ0v) is 27.6. The lowest BCUT2D eigenvalue weighted by Crippen LogP contribution is -2.37. The Hall–Kier alpha value is -5.48. The zero-order valence-electron chi connectivity index (χ0n) is 26.0. The molecule has 0 aliphatic heterocycles. The fraction of sp³-hybridized carbons (Fsp3) is 0.188. The van der Waals surface area contributed by atoms with E-state index in [2.05, 4.69) is 0 Å². The van der Waals surface area contributed by atoms with Gasteiger partial charge >= 0.3 is 11.9 Å². The lowest BCUT2D eigenvalue weighted by atomic mass is 10.2. The number of hydrogen-bond acceptors (Lipinski definition) is 10. The van der Waals surface area contributed by atoms with Crippen LogP contribution < -0.4 is 27.6 Å². The molecule has 0 heterocycles. The molecule has 48 heavy (non-hydrogen) atoms. The van der Waals surface area contributed by atoms with Gasteiger partial charge in [-0.05, 0) is 78.4 Å². The zero-order chi connectivity index (χ0) is 35.1. The molecule has 0 saturated carbocycles. The number of ether oxygens (including phenoxy) is 4. The topological polar surface area (TPSA) is 186 Å². The molecule has 4 aromatic rings. The Balaban J connectivity index is 1.89. The number of carbonyl (C=O) groups is 2. The van der Waals surface area contributed by atoms with Crippen molar-refractivity contribution in [1.82, 2.24) is 0 Å². The number of sulfonamides is 2. The van der Waals surface area contributed by atoms with Gasteiger partial charge < -0.3 is 29.2 Å². The number of benzene rings is 4. The van der Waals surface area contributed by atoms with Crippen molar-refractivity contribution in [3.8, 4) is 23.0 Å². The molecule has 0 aliphatic carbocycles. The van der Waals surface area contributed by atoms with Crippen molar-refractivity contribution in [1.29, 1.82) is 0 Å². The predicted molar refractivity (Wildman–Crippen MR) is 174 cm³/mol. The SMILES string of the molecule is COc1ccc(S(=O)(=O)N(CC(=O)O)c2ccc(N(CC(=O)O)S(=O)(=O)c3ccc(OC)cc3)c(OCc3cccc(OC)c3)c2)cc1. The van der Waals surface area contributed by atoms with E-state index in [9.17, 15) is 36.6 Å². The van der Waals surface area contributed by atoms with Crippen molar-refractivity contribution < 1.29 is 55.6 Å². The quantitative estimate of drug-likeness (QED) is 0.172. The Bertz CT molecular complexity index is 1980. The molecule has 0 spiro atoms. The molecule has 0 bridgehead atoms. The fourth-order valence-corrected chi connectivity index (χ4v) is 7.34. The van der Waals surface area contributed by atoms with Gasteiger partial charge in [0, 0.05) is 6.07 Å². The van der Waals surface area contributed by atoms with Crippen LogP contribution in [-0.4, -0.2) is 73.4 Å². The lowest BCUT2D eigenvalue weighted by Gasteiger charge is -2.28. The molecule has 0 fully saturated rings. The van der Waals surface area contributed by atoms with Crippen LogP contribution >= 0.6 is 0 Å². The minimum atomic E-state index is -4.56. The molecule has 0 unspecified atom stereocenters. The molecule has 4 rings (SSSR count). The highest BCUT2D eigenvalue weighted by molar-refractivity contribution is 7.93. The first-order valence-electron chi connectivity index (χ1n) is 14.0. The monoisotopic (exact) mass is 700 g/mol. The molecule has 0 radical (unpaired) electrons. The summed E-state index contributed by atoms with van der Waals surface area (Å²) in [6.07, 6.45) is 0. The summed E-state index contributed by atoms with van der Waals surface area (Å²) in [5, 5.41) is 19.5. The Morgan fingerprint density at radius 1 is 0.625 bits per heavy atom. The molecule has 0 aliphatic rings. The second-order valence-corrected chi connectivity index (χ2v) is 13.7. The summed E-state index contributed by atoms with van der Waals surface area (Å²) in [6, 6.07) is 20.7. The number of nitrogens with zero attached hydrogens (tertiary/aromatic N) is 2. The molecule has 16 heteroatoms. The van der Waals surface area contributed by atoms with Crippen LogP contribution in [0.3, 0.4) is 0 Å². The van der Waals surface area contributed by atoms with Gasteiger partial charge in [0.25, 0.3) is 20.0 Å². The van der Waals surface area contributed by atoms with E-state index in [0.717, 1.165) is 18.2 Å². The van der Waals surface area contributed by atoms with E-state index < -0.39 is 45.1 Å². The van der Waals surface area contributed by atoms with E-state index in [1.165, 1.54) is 69.9 Å². The predicted octanol–water partition coefficient (Wildman–Crippen LogP) is 3.85. The van der Waals surface area contributed by atoms with Crippen LogP contribution in [0.1, 0.15) is 5.56 Å². The summed E-state index contributed by atoms with van der Waals surface area (Å²) in [5.41, 5.74) is 0.119. The minimum absolute atomic E-state index is 0.193. The van der Waals surface area contributed by atoms with Crippen LogP contribution in [0.4, 0.5) is 11.4 Å². The van der Waals surface area contributed by atoms with E-state index in [1.54, 1.807) is 24.3 Å². The first kappa shape index (κ1) is 35.4. The highest BCUT2D eigenvalue weighted by Gasteiger charge is 2.32. The van der Waals surface area contributed by atoms with Gasteiger partial charge in [0.15, 0.2) is 0 Å². The molecule has 0 amide bonds. The number of methoxy groups -OCH3 is 3. The minimum Gasteiger partial charge on any atom is -0.497 e. The molecular formula is C32H32N2O12S2. The van der Waals surface area contributed by atoms with Gasteiger partial charge in [-0.25, -0.2) is 16.8 Å². The van der Waals surface area contributed by atoms with Crippen molar-refractivity contribution >= 4 is 43.4 Å². The van der Waals surface area contributed by atoms with Gasteiger partial charge in [0.05, 0.1) is 42.5 Å². The van der Waals surface area contributed by atoms with Gasteiger partial charge in [0.1, 0.15) is 42.7 Å². The summed E-state index contributed by atoms with van der Waals surface area (Å²) in [7, 11) is -4.80. The number of hydrogen-bond donors (Lipinski definition) is 2. The fourth-order valence-electron chi connectivity index (χ4n) is 4.51. The molecule has 14 nitrogen and oxygen atoms in total. The third-order valence-corrected chi connectivity index (χ3v) is 10.4. The molecule has 0 saturated heterocycles. The third kappa shape index (κ3) is 8.08. The van der Waals surface area contributed by atoms with Crippen molar-refractivity contribution in [2.45, 2.75) is 16.4 Å².